The van der Waals surface area contributed by atoms with Crippen LogP contribution >= 0.6 is 0 Å². The standard InChI is InChI=1S/C14H23N3O2/c15-3-4-16-5-7-17(8-6-16)13-1-9-19-14(11-13)2-10-18-12-14/h13H,1-2,4-12H2. The monoisotopic (exact) mass is 265 g/mol. The summed E-state index contributed by atoms with van der Waals surface area (Å²) in [6, 6.07) is 2.88. The van der Waals surface area contributed by atoms with Crippen LogP contribution in [0.25, 0.3) is 0 Å². The first-order valence-electron chi connectivity index (χ1n) is 7.36. The third kappa shape index (κ3) is 2.92. The van der Waals surface area contributed by atoms with Gasteiger partial charge in [0.25, 0.3) is 0 Å². The van der Waals surface area contributed by atoms with E-state index >= 15 is 0 Å². The van der Waals surface area contributed by atoms with Crippen LogP contribution in [0.4, 0.5) is 0 Å². The zero-order valence-corrected chi connectivity index (χ0v) is 11.5. The Bertz CT molecular complexity index is 341. The van der Waals surface area contributed by atoms with Crippen LogP contribution < -0.4 is 0 Å². The molecule has 0 aromatic carbocycles. The minimum atomic E-state index is 0.00665. The molecule has 19 heavy (non-hydrogen) atoms. The molecule has 2 atom stereocenters. The van der Waals surface area contributed by atoms with E-state index in [0.717, 1.165) is 65.3 Å². The number of nitriles is 1. The highest BCUT2D eigenvalue weighted by molar-refractivity contribution is 4.94. The van der Waals surface area contributed by atoms with Gasteiger partial charge in [-0.15, -0.1) is 0 Å². The topological polar surface area (TPSA) is 48.7 Å². The number of piperazine rings is 1. The molecule has 3 heterocycles. The van der Waals surface area contributed by atoms with Crippen molar-refractivity contribution in [3.8, 4) is 6.07 Å². The van der Waals surface area contributed by atoms with Crippen molar-refractivity contribution >= 4 is 0 Å². The van der Waals surface area contributed by atoms with Gasteiger partial charge in [-0.05, 0) is 12.8 Å². The molecule has 1 spiro atoms. The van der Waals surface area contributed by atoms with Gasteiger partial charge in [-0.1, -0.05) is 0 Å². The Morgan fingerprint density at radius 1 is 1.21 bits per heavy atom. The molecule has 3 aliphatic heterocycles. The third-order valence-electron chi connectivity index (χ3n) is 4.75. The molecule has 0 radical (unpaired) electrons. The van der Waals surface area contributed by atoms with Crippen molar-refractivity contribution in [3.63, 3.8) is 0 Å². The molecule has 0 aliphatic carbocycles. The van der Waals surface area contributed by atoms with Crippen molar-refractivity contribution < 1.29 is 9.47 Å². The predicted molar refractivity (Wildman–Crippen MR) is 70.8 cm³/mol. The van der Waals surface area contributed by atoms with Crippen LogP contribution in [-0.4, -0.2) is 74.0 Å². The quantitative estimate of drug-likeness (QED) is 0.679. The molecule has 0 saturated carbocycles. The third-order valence-corrected chi connectivity index (χ3v) is 4.75. The molecular weight excluding hydrogens is 242 g/mol. The predicted octanol–water partition coefficient (Wildman–Crippen LogP) is 0.466. The summed E-state index contributed by atoms with van der Waals surface area (Å²) in [4.78, 5) is 4.83. The normalized spacial score (nSPS) is 37.5. The highest BCUT2D eigenvalue weighted by atomic mass is 16.6. The summed E-state index contributed by atoms with van der Waals surface area (Å²) < 4.78 is 11.5. The second-order valence-electron chi connectivity index (χ2n) is 5.95. The van der Waals surface area contributed by atoms with Crippen LogP contribution in [0.5, 0.6) is 0 Å². The van der Waals surface area contributed by atoms with E-state index in [1.165, 1.54) is 0 Å². The van der Waals surface area contributed by atoms with Crippen molar-refractivity contribution in [2.24, 2.45) is 0 Å². The van der Waals surface area contributed by atoms with E-state index in [4.69, 9.17) is 14.7 Å². The van der Waals surface area contributed by atoms with Crippen LogP contribution in [0.2, 0.25) is 0 Å². The number of hydrogen-bond donors (Lipinski definition) is 0. The molecule has 0 N–H and O–H groups in total. The fraction of sp³-hybridized carbons (Fsp3) is 0.929. The number of ether oxygens (including phenoxy) is 2. The Kier molecular flexibility index (Phi) is 4.04. The molecule has 3 aliphatic rings. The Labute approximate surface area is 115 Å². The minimum Gasteiger partial charge on any atom is -0.378 e. The van der Waals surface area contributed by atoms with Crippen LogP contribution in [0.3, 0.4) is 0 Å². The molecule has 3 rings (SSSR count). The summed E-state index contributed by atoms with van der Waals surface area (Å²) in [5.41, 5.74) is 0.00665. The molecule has 5 nitrogen and oxygen atoms in total. The molecule has 106 valence electrons. The van der Waals surface area contributed by atoms with Crippen molar-refractivity contribution in [1.29, 1.82) is 5.26 Å². The molecule has 0 aromatic rings. The maximum absolute atomic E-state index is 8.74. The van der Waals surface area contributed by atoms with Gasteiger partial charge in [-0.25, -0.2) is 0 Å². The van der Waals surface area contributed by atoms with E-state index in [-0.39, 0.29) is 5.60 Å². The first-order valence-corrected chi connectivity index (χ1v) is 7.36. The van der Waals surface area contributed by atoms with E-state index in [1.807, 2.05) is 0 Å². The van der Waals surface area contributed by atoms with Gasteiger partial charge in [-0.3, -0.25) is 9.80 Å². The number of rotatable bonds is 2. The molecule has 0 aromatic heterocycles. The molecule has 3 saturated heterocycles. The van der Waals surface area contributed by atoms with E-state index < -0.39 is 0 Å². The average Bonchev–Trinajstić information content (AvgIpc) is 2.88. The highest BCUT2D eigenvalue weighted by Crippen LogP contribution is 2.34. The van der Waals surface area contributed by atoms with Crippen LogP contribution in [-0.2, 0) is 9.47 Å². The Morgan fingerprint density at radius 2 is 2.05 bits per heavy atom. The Hall–Kier alpha value is -0.670. The van der Waals surface area contributed by atoms with E-state index in [2.05, 4.69) is 15.9 Å². The van der Waals surface area contributed by atoms with Gasteiger partial charge in [0, 0.05) is 51.9 Å². The lowest BCUT2D eigenvalue weighted by molar-refractivity contribution is -0.109. The summed E-state index contributed by atoms with van der Waals surface area (Å²) in [6.07, 6.45) is 3.31. The smallest absolute Gasteiger partial charge is 0.0951 e. The minimum absolute atomic E-state index is 0.00665. The fourth-order valence-corrected chi connectivity index (χ4v) is 3.56. The average molecular weight is 265 g/mol. The number of hydrogen-bond acceptors (Lipinski definition) is 5. The second-order valence-corrected chi connectivity index (χ2v) is 5.95. The summed E-state index contributed by atoms with van der Waals surface area (Å²) in [5, 5.41) is 8.74. The number of nitrogens with zero attached hydrogens (tertiary/aromatic N) is 3. The molecular formula is C14H23N3O2. The van der Waals surface area contributed by atoms with E-state index in [1.54, 1.807) is 0 Å². The Morgan fingerprint density at radius 3 is 2.74 bits per heavy atom. The summed E-state index contributed by atoms with van der Waals surface area (Å²) in [7, 11) is 0. The second kappa shape index (κ2) is 5.76. The van der Waals surface area contributed by atoms with Gasteiger partial charge in [0.2, 0.25) is 0 Å². The van der Waals surface area contributed by atoms with E-state index in [0.29, 0.717) is 12.6 Å². The summed E-state index contributed by atoms with van der Waals surface area (Å²) in [6.45, 7) is 7.28. The Balaban J connectivity index is 1.54. The van der Waals surface area contributed by atoms with Crippen molar-refractivity contribution in [2.75, 3.05) is 52.5 Å². The van der Waals surface area contributed by atoms with Crippen molar-refractivity contribution in [1.82, 2.24) is 9.80 Å². The summed E-state index contributed by atoms with van der Waals surface area (Å²) >= 11 is 0. The molecule has 0 amide bonds. The maximum Gasteiger partial charge on any atom is 0.0951 e. The van der Waals surface area contributed by atoms with Crippen LogP contribution in [0, 0.1) is 11.3 Å². The van der Waals surface area contributed by atoms with Crippen molar-refractivity contribution in [3.05, 3.63) is 0 Å². The maximum atomic E-state index is 8.74. The highest BCUT2D eigenvalue weighted by Gasteiger charge is 2.42. The fourth-order valence-electron chi connectivity index (χ4n) is 3.56. The lowest BCUT2D eigenvalue weighted by atomic mass is 9.88. The molecule has 2 unspecified atom stereocenters. The largest absolute Gasteiger partial charge is 0.378 e. The SMILES string of the molecule is N#CCN1CCN(C2CCOC3(CCOC3)C2)CC1. The van der Waals surface area contributed by atoms with Gasteiger partial charge in [0.1, 0.15) is 0 Å². The van der Waals surface area contributed by atoms with Gasteiger partial charge >= 0.3 is 0 Å². The van der Waals surface area contributed by atoms with Crippen LogP contribution in [0.1, 0.15) is 19.3 Å². The van der Waals surface area contributed by atoms with Gasteiger partial charge in [0.15, 0.2) is 0 Å². The van der Waals surface area contributed by atoms with Crippen molar-refractivity contribution in [2.45, 2.75) is 30.9 Å². The lowest BCUT2D eigenvalue weighted by Crippen LogP contribution is -2.55. The summed E-state index contributed by atoms with van der Waals surface area (Å²) in [5.74, 6) is 0. The van der Waals surface area contributed by atoms with Crippen LogP contribution in [0.15, 0.2) is 0 Å². The van der Waals surface area contributed by atoms with Gasteiger partial charge in [-0.2, -0.15) is 5.26 Å². The van der Waals surface area contributed by atoms with E-state index in [9.17, 15) is 0 Å². The van der Waals surface area contributed by atoms with Gasteiger partial charge in [0.05, 0.1) is 24.8 Å². The zero-order valence-electron chi connectivity index (χ0n) is 11.5. The first kappa shape index (κ1) is 13.3. The molecule has 5 heteroatoms. The zero-order chi connectivity index (χ0) is 13.1. The van der Waals surface area contributed by atoms with Gasteiger partial charge < -0.3 is 9.47 Å². The first-order chi connectivity index (χ1) is 9.31. The molecule has 0 bridgehead atoms. The molecule has 3 fully saturated rings. The lowest BCUT2D eigenvalue weighted by Gasteiger charge is -2.45.